The third-order valence-corrected chi connectivity index (χ3v) is 4.12. The van der Waals surface area contributed by atoms with E-state index in [-0.39, 0.29) is 11.8 Å². The van der Waals surface area contributed by atoms with Crippen molar-refractivity contribution in [3.05, 3.63) is 42.2 Å². The van der Waals surface area contributed by atoms with E-state index in [1.165, 1.54) is 7.11 Å². The van der Waals surface area contributed by atoms with E-state index in [0.29, 0.717) is 36.2 Å². The van der Waals surface area contributed by atoms with Crippen molar-refractivity contribution in [2.24, 2.45) is 7.05 Å². The van der Waals surface area contributed by atoms with E-state index in [1.807, 2.05) is 12.1 Å². The van der Waals surface area contributed by atoms with Crippen molar-refractivity contribution in [3.63, 3.8) is 0 Å². The van der Waals surface area contributed by atoms with Crippen molar-refractivity contribution in [2.45, 2.75) is 5.92 Å². The smallest absolute Gasteiger partial charge is 0.261 e. The number of nitrogens with zero attached hydrogens (tertiary/aromatic N) is 6. The summed E-state index contributed by atoms with van der Waals surface area (Å²) in [6.45, 7) is 1.05. The summed E-state index contributed by atoms with van der Waals surface area (Å²) in [5.41, 5.74) is 1.30. The molecule has 0 spiro atoms. The zero-order chi connectivity index (χ0) is 17.4. The first-order chi connectivity index (χ1) is 12.2. The second-order valence-corrected chi connectivity index (χ2v) is 5.82. The zero-order valence-electron chi connectivity index (χ0n) is 13.8. The number of carbonyl (C=O) groups excluding carboxylic acids is 1. The molecule has 3 aromatic heterocycles. The largest absolute Gasteiger partial charge is 0.479 e. The van der Waals surface area contributed by atoms with Gasteiger partial charge >= 0.3 is 0 Å². The Morgan fingerprint density at radius 1 is 1.32 bits per heavy atom. The molecule has 4 heterocycles. The fraction of sp³-hybridized carbons (Fsp3) is 0.312. The van der Waals surface area contributed by atoms with Crippen LogP contribution in [0.1, 0.15) is 22.2 Å². The van der Waals surface area contributed by atoms with Gasteiger partial charge in [0, 0.05) is 44.3 Å². The van der Waals surface area contributed by atoms with Crippen LogP contribution in [0, 0.1) is 0 Å². The van der Waals surface area contributed by atoms with E-state index in [0.717, 1.165) is 5.56 Å². The molecule has 1 saturated heterocycles. The molecule has 0 aliphatic carbocycles. The van der Waals surface area contributed by atoms with Gasteiger partial charge in [-0.25, -0.2) is 0 Å². The van der Waals surface area contributed by atoms with Gasteiger partial charge in [0.05, 0.1) is 13.0 Å². The first kappa shape index (κ1) is 15.3. The average Bonchev–Trinajstić information content (AvgIpc) is 3.21. The summed E-state index contributed by atoms with van der Waals surface area (Å²) in [5.74, 6) is 1.31. The van der Waals surface area contributed by atoms with Gasteiger partial charge in [0.2, 0.25) is 17.6 Å². The molecule has 1 fully saturated rings. The number of carbonyl (C=O) groups is 1. The lowest BCUT2D eigenvalue weighted by molar-refractivity contribution is 0.0566. The molecule has 1 aliphatic heterocycles. The highest BCUT2D eigenvalue weighted by atomic mass is 16.5. The first-order valence-corrected chi connectivity index (χ1v) is 7.76. The van der Waals surface area contributed by atoms with Crippen LogP contribution >= 0.6 is 0 Å². The highest BCUT2D eigenvalue weighted by molar-refractivity contribution is 5.96. The van der Waals surface area contributed by atoms with Gasteiger partial charge in [-0.3, -0.25) is 14.5 Å². The fourth-order valence-corrected chi connectivity index (χ4v) is 2.76. The molecule has 9 nitrogen and oxygen atoms in total. The molecule has 0 atom stereocenters. The van der Waals surface area contributed by atoms with Crippen molar-refractivity contribution in [2.75, 3.05) is 20.2 Å². The number of aryl methyl sites for hydroxylation is 1. The number of hydrogen-bond donors (Lipinski definition) is 0. The molecule has 0 bridgehead atoms. The molecule has 0 radical (unpaired) electrons. The van der Waals surface area contributed by atoms with Gasteiger partial charge in [0.15, 0.2) is 0 Å². The van der Waals surface area contributed by atoms with E-state index in [9.17, 15) is 4.79 Å². The summed E-state index contributed by atoms with van der Waals surface area (Å²) in [7, 11) is 3.24. The van der Waals surface area contributed by atoms with Gasteiger partial charge in [0.1, 0.15) is 5.56 Å². The first-order valence-electron chi connectivity index (χ1n) is 7.76. The van der Waals surface area contributed by atoms with Crippen LogP contribution in [-0.2, 0) is 7.05 Å². The van der Waals surface area contributed by atoms with Gasteiger partial charge in [-0.2, -0.15) is 4.98 Å². The molecule has 128 valence electrons. The molecule has 1 amide bonds. The summed E-state index contributed by atoms with van der Waals surface area (Å²) in [4.78, 5) is 22.6. The van der Waals surface area contributed by atoms with Crippen LogP contribution in [0.25, 0.3) is 11.4 Å². The molecule has 0 unspecified atom stereocenters. The van der Waals surface area contributed by atoms with Crippen LogP contribution in [-0.4, -0.2) is 55.9 Å². The Morgan fingerprint density at radius 3 is 2.80 bits per heavy atom. The van der Waals surface area contributed by atoms with E-state index < -0.39 is 0 Å². The molecule has 9 heteroatoms. The molecule has 0 aromatic carbocycles. The van der Waals surface area contributed by atoms with E-state index in [4.69, 9.17) is 9.26 Å². The van der Waals surface area contributed by atoms with Crippen LogP contribution in [0.15, 0.2) is 35.2 Å². The third kappa shape index (κ3) is 2.73. The predicted octanol–water partition coefficient (Wildman–Crippen LogP) is 1.11. The highest BCUT2D eigenvalue weighted by Crippen LogP contribution is 2.30. The molecule has 4 rings (SSSR count). The third-order valence-electron chi connectivity index (χ3n) is 4.12. The number of likely N-dealkylation sites (tertiary alicyclic amines) is 1. The summed E-state index contributed by atoms with van der Waals surface area (Å²) < 4.78 is 12.0. The number of ether oxygens (including phenoxy) is 1. The normalized spacial score (nSPS) is 14.4. The summed E-state index contributed by atoms with van der Waals surface area (Å²) in [6.07, 6.45) is 5.01. The molecular weight excluding hydrogens is 324 g/mol. The van der Waals surface area contributed by atoms with Crippen molar-refractivity contribution in [1.29, 1.82) is 0 Å². The number of aromatic nitrogens is 5. The van der Waals surface area contributed by atoms with Gasteiger partial charge in [-0.1, -0.05) is 5.16 Å². The highest BCUT2D eigenvalue weighted by Gasteiger charge is 2.37. The van der Waals surface area contributed by atoms with Crippen LogP contribution in [0.3, 0.4) is 0 Å². The van der Waals surface area contributed by atoms with Crippen LogP contribution in [0.4, 0.5) is 0 Å². The van der Waals surface area contributed by atoms with Crippen molar-refractivity contribution in [3.8, 4) is 17.3 Å². The second-order valence-electron chi connectivity index (χ2n) is 5.82. The van der Waals surface area contributed by atoms with Gasteiger partial charge in [0.25, 0.3) is 5.91 Å². The monoisotopic (exact) mass is 340 g/mol. The number of hydrogen-bond acceptors (Lipinski definition) is 7. The van der Waals surface area contributed by atoms with Gasteiger partial charge < -0.3 is 14.2 Å². The van der Waals surface area contributed by atoms with Crippen LogP contribution in [0.2, 0.25) is 0 Å². The molecule has 3 aromatic rings. The number of amides is 1. The van der Waals surface area contributed by atoms with E-state index >= 15 is 0 Å². The maximum Gasteiger partial charge on any atom is 0.261 e. The fourth-order valence-electron chi connectivity index (χ4n) is 2.76. The topological polar surface area (TPSA) is 99.2 Å². The number of pyridine rings is 1. The maximum absolute atomic E-state index is 12.5. The second kappa shape index (κ2) is 6.00. The maximum atomic E-state index is 12.5. The molecule has 0 saturated carbocycles. The Hall–Kier alpha value is -3.23. The van der Waals surface area contributed by atoms with Crippen molar-refractivity contribution >= 4 is 5.91 Å². The number of methoxy groups -OCH3 is 1. The van der Waals surface area contributed by atoms with E-state index in [1.54, 1.807) is 35.2 Å². The van der Waals surface area contributed by atoms with Crippen LogP contribution in [0.5, 0.6) is 5.88 Å². The van der Waals surface area contributed by atoms with Crippen LogP contribution < -0.4 is 4.74 Å². The quantitative estimate of drug-likeness (QED) is 0.701. The van der Waals surface area contributed by atoms with Gasteiger partial charge in [-0.05, 0) is 12.1 Å². The lowest BCUT2D eigenvalue weighted by Gasteiger charge is -2.36. The summed E-state index contributed by atoms with van der Waals surface area (Å²) in [5, 5.41) is 8.10. The minimum atomic E-state index is -0.116. The molecule has 0 N–H and O–H groups in total. The SMILES string of the molecule is COc1nn(C)cc1C(=O)N1CC(c2nc(-c3ccncc3)no2)C1. The molecular formula is C16H16N6O3. The Bertz CT molecular complexity index is 898. The minimum absolute atomic E-state index is 0.0368. The lowest BCUT2D eigenvalue weighted by atomic mass is 9.99. The summed E-state index contributed by atoms with van der Waals surface area (Å²) >= 11 is 0. The van der Waals surface area contributed by atoms with Crippen molar-refractivity contribution in [1.82, 2.24) is 29.8 Å². The summed E-state index contributed by atoms with van der Waals surface area (Å²) in [6, 6.07) is 3.64. The van der Waals surface area contributed by atoms with Crippen molar-refractivity contribution < 1.29 is 14.1 Å². The lowest BCUT2D eigenvalue weighted by Crippen LogP contribution is -2.48. The average molecular weight is 340 g/mol. The molecule has 1 aliphatic rings. The number of rotatable bonds is 4. The Labute approximate surface area is 143 Å². The standard InChI is InChI=1S/C16H16N6O3/c1-21-9-12(15(19-21)24-2)16(23)22-7-11(8-22)14-18-13(20-25-14)10-3-5-17-6-4-10/h3-6,9,11H,7-8H2,1-2H3. The Balaban J connectivity index is 1.44. The molecule has 25 heavy (non-hydrogen) atoms. The minimum Gasteiger partial charge on any atom is -0.479 e. The predicted molar refractivity (Wildman–Crippen MR) is 85.9 cm³/mol. The van der Waals surface area contributed by atoms with E-state index in [2.05, 4.69) is 20.2 Å². The van der Waals surface area contributed by atoms with Gasteiger partial charge in [-0.15, -0.1) is 5.10 Å². The Kier molecular flexibility index (Phi) is 3.68. The zero-order valence-corrected chi connectivity index (χ0v) is 13.8. The Morgan fingerprint density at radius 2 is 2.08 bits per heavy atom.